The topological polar surface area (TPSA) is 17.1 Å². The van der Waals surface area contributed by atoms with Gasteiger partial charge in [0, 0.05) is 12.8 Å². The summed E-state index contributed by atoms with van der Waals surface area (Å²) in [4.78, 5) is 11.3. The molecule has 0 saturated carbocycles. The predicted molar refractivity (Wildman–Crippen MR) is 67.1 cm³/mol. The van der Waals surface area contributed by atoms with E-state index < -0.39 is 0 Å². The summed E-state index contributed by atoms with van der Waals surface area (Å²) in [6.07, 6.45) is 4.50. The predicted octanol–water partition coefficient (Wildman–Crippen LogP) is 3.38. The van der Waals surface area contributed by atoms with Crippen LogP contribution >= 0.6 is 0 Å². The number of rotatable bonds is 5. The van der Waals surface area contributed by atoms with Crippen molar-refractivity contribution in [2.45, 2.75) is 39.0 Å². The van der Waals surface area contributed by atoms with Crippen LogP contribution in [-0.4, -0.2) is 5.78 Å². The molecule has 1 heteroatoms. The molecule has 0 radical (unpaired) electrons. The van der Waals surface area contributed by atoms with Crippen molar-refractivity contribution in [3.63, 3.8) is 0 Å². The average molecular weight is 214 g/mol. The first-order chi connectivity index (χ1) is 7.83. The molecule has 0 aliphatic carbocycles. The van der Waals surface area contributed by atoms with Crippen molar-refractivity contribution >= 4 is 5.78 Å². The molecule has 1 rings (SSSR count). The number of carbonyl (C=O) groups excluding carboxylic acids is 1. The van der Waals surface area contributed by atoms with Gasteiger partial charge in [-0.05, 0) is 17.9 Å². The maximum absolute atomic E-state index is 11.3. The van der Waals surface area contributed by atoms with E-state index >= 15 is 0 Å². The number of hydrogen-bond donors (Lipinski definition) is 0. The lowest BCUT2D eigenvalue weighted by atomic mass is 10.1. The molecular formula is C15H18O. The third kappa shape index (κ3) is 5.36. The summed E-state index contributed by atoms with van der Waals surface area (Å²) in [5, 5.41) is 0. The molecule has 0 bridgehead atoms. The highest BCUT2D eigenvalue weighted by Crippen LogP contribution is 2.00. The molecule has 0 amide bonds. The Morgan fingerprint density at radius 3 is 2.62 bits per heavy atom. The Labute approximate surface area is 97.9 Å². The highest BCUT2D eigenvalue weighted by atomic mass is 16.1. The minimum Gasteiger partial charge on any atom is -0.285 e. The van der Waals surface area contributed by atoms with Gasteiger partial charge in [-0.2, -0.15) is 0 Å². The lowest BCUT2D eigenvalue weighted by Crippen LogP contribution is -1.93. The van der Waals surface area contributed by atoms with E-state index in [1.165, 1.54) is 0 Å². The molecule has 0 heterocycles. The summed E-state index contributed by atoms with van der Waals surface area (Å²) in [6, 6.07) is 10.00. The summed E-state index contributed by atoms with van der Waals surface area (Å²) >= 11 is 0. The second kappa shape index (κ2) is 7.70. The van der Waals surface area contributed by atoms with Gasteiger partial charge < -0.3 is 0 Å². The SMILES string of the molecule is CCCCCC(=O)C#CCc1ccccc1. The molecular weight excluding hydrogens is 196 g/mol. The smallest absolute Gasteiger partial charge is 0.205 e. The van der Waals surface area contributed by atoms with Gasteiger partial charge in [0.25, 0.3) is 0 Å². The van der Waals surface area contributed by atoms with Crippen LogP contribution in [0.1, 0.15) is 38.2 Å². The van der Waals surface area contributed by atoms with E-state index in [9.17, 15) is 4.79 Å². The third-order valence-corrected chi connectivity index (χ3v) is 2.37. The lowest BCUT2D eigenvalue weighted by molar-refractivity contribution is -0.113. The average Bonchev–Trinajstić information content (AvgIpc) is 2.31. The summed E-state index contributed by atoms with van der Waals surface area (Å²) in [5.41, 5.74) is 1.16. The maximum Gasteiger partial charge on any atom is 0.205 e. The van der Waals surface area contributed by atoms with E-state index in [0.29, 0.717) is 12.8 Å². The lowest BCUT2D eigenvalue weighted by Gasteiger charge is -1.93. The van der Waals surface area contributed by atoms with Gasteiger partial charge in [-0.15, -0.1) is 0 Å². The molecule has 0 atom stereocenters. The molecule has 0 spiro atoms. The van der Waals surface area contributed by atoms with Crippen molar-refractivity contribution in [2.24, 2.45) is 0 Å². The number of Topliss-reactive ketones (excluding diaryl/α,β-unsaturated/α-hetero) is 1. The highest BCUT2D eigenvalue weighted by Gasteiger charge is 1.95. The first kappa shape index (κ1) is 12.5. The van der Waals surface area contributed by atoms with Crippen LogP contribution in [0.2, 0.25) is 0 Å². The Morgan fingerprint density at radius 2 is 1.94 bits per heavy atom. The van der Waals surface area contributed by atoms with Gasteiger partial charge >= 0.3 is 0 Å². The van der Waals surface area contributed by atoms with Crippen LogP contribution in [0.15, 0.2) is 30.3 Å². The molecule has 84 valence electrons. The van der Waals surface area contributed by atoms with Crippen LogP contribution in [-0.2, 0) is 11.2 Å². The summed E-state index contributed by atoms with van der Waals surface area (Å²) in [5.74, 6) is 5.70. The second-order valence-corrected chi connectivity index (χ2v) is 3.84. The Balaban J connectivity index is 2.29. The largest absolute Gasteiger partial charge is 0.285 e. The quantitative estimate of drug-likeness (QED) is 0.417. The van der Waals surface area contributed by atoms with E-state index in [0.717, 1.165) is 24.8 Å². The van der Waals surface area contributed by atoms with E-state index in [-0.39, 0.29) is 5.78 Å². The molecule has 0 fully saturated rings. The minimum absolute atomic E-state index is 0.0735. The summed E-state index contributed by atoms with van der Waals surface area (Å²) < 4.78 is 0. The van der Waals surface area contributed by atoms with Gasteiger partial charge in [0.05, 0.1) is 0 Å². The monoisotopic (exact) mass is 214 g/mol. The van der Waals surface area contributed by atoms with E-state index in [2.05, 4.69) is 18.8 Å². The number of carbonyl (C=O) groups is 1. The van der Waals surface area contributed by atoms with Crippen LogP contribution in [0.5, 0.6) is 0 Å². The minimum atomic E-state index is 0.0735. The van der Waals surface area contributed by atoms with Crippen molar-refractivity contribution in [1.82, 2.24) is 0 Å². The van der Waals surface area contributed by atoms with Crippen LogP contribution < -0.4 is 0 Å². The Kier molecular flexibility index (Phi) is 6.03. The molecule has 16 heavy (non-hydrogen) atoms. The van der Waals surface area contributed by atoms with E-state index in [4.69, 9.17) is 0 Å². The van der Waals surface area contributed by atoms with Gasteiger partial charge in [0.1, 0.15) is 0 Å². The van der Waals surface area contributed by atoms with Crippen molar-refractivity contribution in [3.05, 3.63) is 35.9 Å². The standard InChI is InChI=1S/C15H18O/c1-2-3-5-12-15(16)13-8-11-14-9-6-4-7-10-14/h4,6-7,9-10H,2-3,5,11-12H2,1H3. The number of unbranched alkanes of at least 4 members (excludes halogenated alkanes) is 2. The fourth-order valence-electron chi connectivity index (χ4n) is 1.44. The van der Waals surface area contributed by atoms with Crippen LogP contribution in [0, 0.1) is 11.8 Å². The molecule has 1 aromatic carbocycles. The van der Waals surface area contributed by atoms with Gasteiger partial charge in [-0.3, -0.25) is 4.79 Å². The van der Waals surface area contributed by atoms with Gasteiger partial charge in [0.15, 0.2) is 0 Å². The van der Waals surface area contributed by atoms with Gasteiger partial charge in [-0.1, -0.05) is 56.0 Å². The zero-order chi connectivity index (χ0) is 11.6. The molecule has 0 aromatic heterocycles. The molecule has 1 nitrogen and oxygen atoms in total. The first-order valence-electron chi connectivity index (χ1n) is 5.88. The zero-order valence-corrected chi connectivity index (χ0v) is 9.83. The van der Waals surface area contributed by atoms with Crippen molar-refractivity contribution in [3.8, 4) is 11.8 Å². The van der Waals surface area contributed by atoms with Gasteiger partial charge in [0.2, 0.25) is 5.78 Å². The number of hydrogen-bond acceptors (Lipinski definition) is 1. The second-order valence-electron chi connectivity index (χ2n) is 3.84. The number of ketones is 1. The fraction of sp³-hybridized carbons (Fsp3) is 0.400. The third-order valence-electron chi connectivity index (χ3n) is 2.37. The highest BCUT2D eigenvalue weighted by molar-refractivity contribution is 5.95. The van der Waals surface area contributed by atoms with E-state index in [1.807, 2.05) is 30.3 Å². The molecule has 0 unspecified atom stereocenters. The zero-order valence-electron chi connectivity index (χ0n) is 9.83. The van der Waals surface area contributed by atoms with E-state index in [1.54, 1.807) is 0 Å². The summed E-state index contributed by atoms with van der Waals surface area (Å²) in [6.45, 7) is 2.13. The van der Waals surface area contributed by atoms with Crippen molar-refractivity contribution in [1.29, 1.82) is 0 Å². The van der Waals surface area contributed by atoms with Crippen molar-refractivity contribution in [2.75, 3.05) is 0 Å². The maximum atomic E-state index is 11.3. The molecule has 0 N–H and O–H groups in total. The fourth-order valence-corrected chi connectivity index (χ4v) is 1.44. The molecule has 1 aromatic rings. The Hall–Kier alpha value is -1.55. The first-order valence-corrected chi connectivity index (χ1v) is 5.88. The summed E-state index contributed by atoms with van der Waals surface area (Å²) in [7, 11) is 0. The molecule has 0 aliphatic heterocycles. The number of benzene rings is 1. The van der Waals surface area contributed by atoms with Crippen LogP contribution in [0.25, 0.3) is 0 Å². The molecule has 0 aliphatic rings. The van der Waals surface area contributed by atoms with Crippen molar-refractivity contribution < 1.29 is 4.79 Å². The van der Waals surface area contributed by atoms with Gasteiger partial charge in [-0.25, -0.2) is 0 Å². The Bertz CT molecular complexity index is 367. The Morgan fingerprint density at radius 1 is 1.19 bits per heavy atom. The van der Waals surface area contributed by atoms with Crippen LogP contribution in [0.3, 0.4) is 0 Å². The normalized spacial score (nSPS) is 9.31. The van der Waals surface area contributed by atoms with Crippen LogP contribution in [0.4, 0.5) is 0 Å². The molecule has 0 saturated heterocycles.